The molecule has 1 amide bonds. The minimum atomic E-state index is -0.502. The van der Waals surface area contributed by atoms with Gasteiger partial charge in [-0.2, -0.15) is 0 Å². The Balaban J connectivity index is 1.37. The lowest BCUT2D eigenvalue weighted by molar-refractivity contribution is -0.131. The average molecular weight is 312 g/mol. The molecule has 0 aliphatic carbocycles. The molecule has 0 fully saturated rings. The first-order valence-electron chi connectivity index (χ1n) is 7.87. The maximum Gasteiger partial charge on any atom is 0.264 e. The molecule has 5 heteroatoms. The number of furan rings is 1. The topological polar surface area (TPSA) is 63.8 Å². The Morgan fingerprint density at radius 2 is 2.00 bits per heavy atom. The summed E-state index contributed by atoms with van der Waals surface area (Å²) in [4.78, 5) is 17.3. The van der Waals surface area contributed by atoms with Crippen LogP contribution in [0.5, 0.6) is 0 Å². The van der Waals surface area contributed by atoms with E-state index in [2.05, 4.69) is 22.6 Å². The van der Waals surface area contributed by atoms with E-state index in [1.165, 1.54) is 5.56 Å². The average Bonchev–Trinajstić information content (AvgIpc) is 3.25. The van der Waals surface area contributed by atoms with Gasteiger partial charge >= 0.3 is 0 Å². The van der Waals surface area contributed by atoms with Crippen LogP contribution in [0.3, 0.4) is 0 Å². The van der Waals surface area contributed by atoms with Crippen LogP contribution in [0, 0.1) is 0 Å². The monoisotopic (exact) mass is 312 g/mol. The van der Waals surface area contributed by atoms with Crippen LogP contribution in [0.4, 0.5) is 0 Å². The fraction of sp³-hybridized carbons (Fsp3) is 0.333. The van der Waals surface area contributed by atoms with Crippen molar-refractivity contribution < 1.29 is 14.0 Å². The molecular formula is C18H20N2O3. The van der Waals surface area contributed by atoms with Gasteiger partial charge in [-0.1, -0.05) is 35.5 Å². The second kappa shape index (κ2) is 7.63. The van der Waals surface area contributed by atoms with Gasteiger partial charge in [0.2, 0.25) is 6.10 Å². The zero-order chi connectivity index (χ0) is 15.9. The van der Waals surface area contributed by atoms with E-state index in [0.29, 0.717) is 19.4 Å². The first-order valence-corrected chi connectivity index (χ1v) is 7.87. The summed E-state index contributed by atoms with van der Waals surface area (Å²) in [6.07, 6.45) is 4.10. The van der Waals surface area contributed by atoms with Crippen LogP contribution < -0.4 is 5.32 Å². The number of carbonyl (C=O) groups is 1. The van der Waals surface area contributed by atoms with Gasteiger partial charge in [0.15, 0.2) is 0 Å². The lowest BCUT2D eigenvalue weighted by atomic mass is 10.0. The van der Waals surface area contributed by atoms with Crippen molar-refractivity contribution in [3.05, 3.63) is 60.1 Å². The third-order valence-electron chi connectivity index (χ3n) is 3.82. The van der Waals surface area contributed by atoms with Gasteiger partial charge in [-0.25, -0.2) is 0 Å². The Morgan fingerprint density at radius 3 is 2.78 bits per heavy atom. The SMILES string of the molecule is O=C(NCCc1ccco1)C1CC(CCc2ccccc2)=NO1. The molecular weight excluding hydrogens is 292 g/mol. The number of nitrogens with one attached hydrogen (secondary N) is 1. The third kappa shape index (κ3) is 4.45. The van der Waals surface area contributed by atoms with Gasteiger partial charge in [0, 0.05) is 19.4 Å². The van der Waals surface area contributed by atoms with Crippen molar-refractivity contribution in [2.45, 2.75) is 31.8 Å². The summed E-state index contributed by atoms with van der Waals surface area (Å²) in [5.74, 6) is 0.743. The molecule has 2 aromatic rings. The number of nitrogens with zero attached hydrogens (tertiary/aromatic N) is 1. The first kappa shape index (κ1) is 15.3. The van der Waals surface area contributed by atoms with Gasteiger partial charge in [0.25, 0.3) is 5.91 Å². The quantitative estimate of drug-likeness (QED) is 0.855. The molecule has 2 heterocycles. The van der Waals surface area contributed by atoms with Crippen molar-refractivity contribution in [1.82, 2.24) is 5.32 Å². The van der Waals surface area contributed by atoms with E-state index in [1.54, 1.807) is 6.26 Å². The summed E-state index contributed by atoms with van der Waals surface area (Å²) < 4.78 is 5.23. The standard InChI is InChI=1S/C18H20N2O3/c21-18(19-11-10-16-7-4-12-22-16)17-13-15(20-23-17)9-8-14-5-2-1-3-6-14/h1-7,12,17H,8-11,13H2,(H,19,21). The molecule has 0 spiro atoms. The van der Waals surface area contributed by atoms with Crippen molar-refractivity contribution in [1.29, 1.82) is 0 Å². The maximum atomic E-state index is 12.1. The lowest BCUT2D eigenvalue weighted by Crippen LogP contribution is -2.35. The molecule has 1 aromatic heterocycles. The van der Waals surface area contributed by atoms with Crippen LogP contribution in [-0.4, -0.2) is 24.3 Å². The number of amides is 1. The Morgan fingerprint density at radius 1 is 1.13 bits per heavy atom. The van der Waals surface area contributed by atoms with E-state index < -0.39 is 6.10 Å². The van der Waals surface area contributed by atoms with Gasteiger partial charge in [-0.05, 0) is 30.5 Å². The molecule has 120 valence electrons. The van der Waals surface area contributed by atoms with Crippen LogP contribution in [0.2, 0.25) is 0 Å². The molecule has 1 unspecified atom stereocenters. The Labute approximate surface area is 135 Å². The van der Waals surface area contributed by atoms with Crippen LogP contribution in [0.25, 0.3) is 0 Å². The summed E-state index contributed by atoms with van der Waals surface area (Å²) in [5.41, 5.74) is 2.21. The number of carbonyl (C=O) groups excluding carboxylic acids is 1. The Hall–Kier alpha value is -2.56. The van der Waals surface area contributed by atoms with Crippen molar-refractivity contribution >= 4 is 11.6 Å². The minimum absolute atomic E-state index is 0.116. The normalized spacial score (nSPS) is 16.7. The summed E-state index contributed by atoms with van der Waals surface area (Å²) in [6, 6.07) is 14.0. The molecule has 1 aliphatic heterocycles. The summed E-state index contributed by atoms with van der Waals surface area (Å²) in [7, 11) is 0. The molecule has 1 N–H and O–H groups in total. The molecule has 3 rings (SSSR count). The predicted molar refractivity (Wildman–Crippen MR) is 87.1 cm³/mol. The number of hydrogen-bond donors (Lipinski definition) is 1. The molecule has 23 heavy (non-hydrogen) atoms. The van der Waals surface area contributed by atoms with Crippen LogP contribution in [0.1, 0.15) is 24.2 Å². The largest absolute Gasteiger partial charge is 0.469 e. The van der Waals surface area contributed by atoms with E-state index in [9.17, 15) is 4.79 Å². The van der Waals surface area contributed by atoms with Crippen molar-refractivity contribution in [2.24, 2.45) is 5.16 Å². The number of hydrogen-bond acceptors (Lipinski definition) is 4. The van der Waals surface area contributed by atoms with Crippen LogP contribution in [0.15, 0.2) is 58.3 Å². The highest BCUT2D eigenvalue weighted by Gasteiger charge is 2.27. The molecule has 0 saturated carbocycles. The summed E-state index contributed by atoms with van der Waals surface area (Å²) in [5, 5.41) is 6.91. The van der Waals surface area contributed by atoms with E-state index in [4.69, 9.17) is 9.25 Å². The van der Waals surface area contributed by atoms with Crippen LogP contribution in [-0.2, 0) is 22.5 Å². The van der Waals surface area contributed by atoms with Gasteiger partial charge < -0.3 is 14.6 Å². The van der Waals surface area contributed by atoms with E-state index in [0.717, 1.165) is 24.3 Å². The molecule has 1 aromatic carbocycles. The number of oxime groups is 1. The van der Waals surface area contributed by atoms with E-state index in [-0.39, 0.29) is 5.91 Å². The summed E-state index contributed by atoms with van der Waals surface area (Å²) in [6.45, 7) is 0.533. The molecule has 0 saturated heterocycles. The second-order valence-corrected chi connectivity index (χ2v) is 5.56. The smallest absolute Gasteiger partial charge is 0.264 e. The highest BCUT2D eigenvalue weighted by Crippen LogP contribution is 2.15. The van der Waals surface area contributed by atoms with Gasteiger partial charge in [0.05, 0.1) is 12.0 Å². The Kier molecular flexibility index (Phi) is 5.09. The maximum absolute atomic E-state index is 12.1. The fourth-order valence-corrected chi connectivity index (χ4v) is 2.53. The second-order valence-electron chi connectivity index (χ2n) is 5.56. The van der Waals surface area contributed by atoms with Crippen LogP contribution >= 0.6 is 0 Å². The summed E-state index contributed by atoms with van der Waals surface area (Å²) >= 11 is 0. The number of aryl methyl sites for hydroxylation is 1. The lowest BCUT2D eigenvalue weighted by Gasteiger charge is -2.08. The zero-order valence-corrected chi connectivity index (χ0v) is 12.9. The van der Waals surface area contributed by atoms with Crippen molar-refractivity contribution in [2.75, 3.05) is 6.54 Å². The zero-order valence-electron chi connectivity index (χ0n) is 12.9. The van der Waals surface area contributed by atoms with E-state index in [1.807, 2.05) is 30.3 Å². The first-order chi connectivity index (χ1) is 11.3. The Bertz CT molecular complexity index is 650. The van der Waals surface area contributed by atoms with Crippen molar-refractivity contribution in [3.63, 3.8) is 0 Å². The van der Waals surface area contributed by atoms with Gasteiger partial charge in [-0.3, -0.25) is 4.79 Å². The molecule has 0 radical (unpaired) electrons. The minimum Gasteiger partial charge on any atom is -0.469 e. The predicted octanol–water partition coefficient (Wildman–Crippen LogP) is 2.72. The van der Waals surface area contributed by atoms with E-state index >= 15 is 0 Å². The van der Waals surface area contributed by atoms with Crippen molar-refractivity contribution in [3.8, 4) is 0 Å². The third-order valence-corrected chi connectivity index (χ3v) is 3.82. The molecule has 1 aliphatic rings. The molecule has 0 bridgehead atoms. The van der Waals surface area contributed by atoms with Gasteiger partial charge in [-0.15, -0.1) is 0 Å². The fourth-order valence-electron chi connectivity index (χ4n) is 2.53. The molecule has 5 nitrogen and oxygen atoms in total. The van der Waals surface area contributed by atoms with Gasteiger partial charge in [0.1, 0.15) is 5.76 Å². The molecule has 1 atom stereocenters. The number of rotatable bonds is 7. The highest BCUT2D eigenvalue weighted by atomic mass is 16.6. The highest BCUT2D eigenvalue weighted by molar-refractivity contribution is 5.92. The number of benzene rings is 1.